The normalized spacial score (nSPS) is 19.4. The molecule has 5 heteroatoms. The number of benzene rings is 2. The van der Waals surface area contributed by atoms with Gasteiger partial charge in [-0.1, -0.05) is 29.8 Å². The Bertz CT molecular complexity index is 1040. The van der Waals surface area contributed by atoms with Crippen LogP contribution in [-0.4, -0.2) is 36.0 Å². The molecular formula is C24H25BrN2O2. The average molecular weight is 453 g/mol. The number of rotatable bonds is 3. The van der Waals surface area contributed by atoms with Crippen molar-refractivity contribution in [2.24, 2.45) is 11.8 Å². The lowest BCUT2D eigenvalue weighted by atomic mass is 9.91. The number of fused-ring (bicyclic) bond motifs is 1. The summed E-state index contributed by atoms with van der Waals surface area (Å²) in [6, 6.07) is 15.6. The Hall–Kier alpha value is -2.40. The number of likely N-dealkylation sites (tertiary alicyclic amines) is 1. The standard InChI is InChI=1S/C24H25BrN2O2/c1-15-10-16(2)14-27(13-15)24(28)21-12-23(17-4-7-19(29-3)8-5-17)26-22-9-6-18(25)11-20(21)22/h4-9,11-12,15-16H,10,13-14H2,1-3H3/t15-,16-/m1/s1. The number of halogens is 1. The van der Waals surface area contributed by atoms with Crippen molar-refractivity contribution in [3.63, 3.8) is 0 Å². The van der Waals surface area contributed by atoms with Crippen molar-refractivity contribution >= 4 is 32.7 Å². The van der Waals surface area contributed by atoms with Crippen LogP contribution in [0.2, 0.25) is 0 Å². The molecule has 1 aliphatic heterocycles. The maximum absolute atomic E-state index is 13.6. The van der Waals surface area contributed by atoms with E-state index in [9.17, 15) is 4.79 Å². The quantitative estimate of drug-likeness (QED) is 0.504. The number of nitrogens with zero attached hydrogens (tertiary/aromatic N) is 2. The maximum atomic E-state index is 13.6. The van der Waals surface area contributed by atoms with E-state index in [1.807, 2.05) is 53.4 Å². The molecule has 0 unspecified atom stereocenters. The van der Waals surface area contributed by atoms with Crippen LogP contribution in [0.4, 0.5) is 0 Å². The van der Waals surface area contributed by atoms with E-state index in [-0.39, 0.29) is 5.91 Å². The second-order valence-corrected chi connectivity index (χ2v) is 9.02. The van der Waals surface area contributed by atoms with Crippen molar-refractivity contribution in [3.8, 4) is 17.0 Å². The molecule has 1 fully saturated rings. The van der Waals surface area contributed by atoms with Crippen LogP contribution >= 0.6 is 15.9 Å². The lowest BCUT2D eigenvalue weighted by molar-refractivity contribution is 0.0625. The Balaban J connectivity index is 1.82. The minimum Gasteiger partial charge on any atom is -0.497 e. The van der Waals surface area contributed by atoms with Gasteiger partial charge in [0.2, 0.25) is 0 Å². The van der Waals surface area contributed by atoms with Gasteiger partial charge in [0.1, 0.15) is 5.75 Å². The smallest absolute Gasteiger partial charge is 0.254 e. The van der Waals surface area contributed by atoms with Gasteiger partial charge in [-0.15, -0.1) is 0 Å². The highest BCUT2D eigenvalue weighted by Crippen LogP contribution is 2.30. The largest absolute Gasteiger partial charge is 0.497 e. The van der Waals surface area contributed by atoms with Gasteiger partial charge in [0.05, 0.1) is 23.9 Å². The molecule has 4 rings (SSSR count). The molecule has 0 spiro atoms. The molecule has 1 aliphatic rings. The van der Waals surface area contributed by atoms with Crippen molar-refractivity contribution in [3.05, 3.63) is 58.6 Å². The van der Waals surface area contributed by atoms with Gasteiger partial charge in [-0.2, -0.15) is 0 Å². The lowest BCUT2D eigenvalue weighted by Gasteiger charge is -2.35. The summed E-state index contributed by atoms with van der Waals surface area (Å²) in [7, 11) is 1.65. The highest BCUT2D eigenvalue weighted by molar-refractivity contribution is 9.10. The molecule has 2 heterocycles. The van der Waals surface area contributed by atoms with Gasteiger partial charge in [-0.05, 0) is 66.8 Å². The van der Waals surface area contributed by atoms with Crippen LogP contribution in [0.1, 0.15) is 30.6 Å². The molecule has 0 N–H and O–H groups in total. The van der Waals surface area contributed by atoms with Crippen LogP contribution in [0.25, 0.3) is 22.2 Å². The van der Waals surface area contributed by atoms with E-state index < -0.39 is 0 Å². The molecule has 1 aromatic heterocycles. The molecule has 1 amide bonds. The van der Waals surface area contributed by atoms with Gasteiger partial charge in [-0.3, -0.25) is 4.79 Å². The second kappa shape index (κ2) is 8.15. The first kappa shape index (κ1) is 19.9. The van der Waals surface area contributed by atoms with Crippen molar-refractivity contribution in [2.45, 2.75) is 20.3 Å². The summed E-state index contributed by atoms with van der Waals surface area (Å²) >= 11 is 3.54. The summed E-state index contributed by atoms with van der Waals surface area (Å²) in [5, 5.41) is 0.882. The number of pyridine rings is 1. The molecule has 29 heavy (non-hydrogen) atoms. The number of carbonyl (C=O) groups excluding carboxylic acids is 1. The maximum Gasteiger partial charge on any atom is 0.254 e. The average Bonchev–Trinajstić information content (AvgIpc) is 2.72. The third-order valence-corrected chi connectivity index (χ3v) is 6.04. The number of hydrogen-bond acceptors (Lipinski definition) is 3. The summed E-state index contributed by atoms with van der Waals surface area (Å²) in [4.78, 5) is 20.4. The van der Waals surface area contributed by atoms with Crippen LogP contribution in [0.15, 0.2) is 53.0 Å². The van der Waals surface area contributed by atoms with E-state index in [1.165, 1.54) is 6.42 Å². The van der Waals surface area contributed by atoms with Crippen molar-refractivity contribution in [1.82, 2.24) is 9.88 Å². The molecule has 1 saturated heterocycles. The predicted molar refractivity (Wildman–Crippen MR) is 120 cm³/mol. The first-order valence-electron chi connectivity index (χ1n) is 9.98. The number of aromatic nitrogens is 1. The van der Waals surface area contributed by atoms with E-state index in [1.54, 1.807) is 7.11 Å². The Morgan fingerprint density at radius 1 is 1.07 bits per heavy atom. The molecule has 0 bridgehead atoms. The number of ether oxygens (including phenoxy) is 1. The van der Waals surface area contributed by atoms with Gasteiger partial charge in [0.25, 0.3) is 5.91 Å². The fourth-order valence-corrected chi connectivity index (χ4v) is 4.64. The number of carbonyl (C=O) groups is 1. The minimum absolute atomic E-state index is 0.0867. The highest BCUT2D eigenvalue weighted by Gasteiger charge is 2.27. The van der Waals surface area contributed by atoms with Gasteiger partial charge in [0, 0.05) is 28.5 Å². The summed E-state index contributed by atoms with van der Waals surface area (Å²) in [5.74, 6) is 1.92. The fraction of sp³-hybridized carbons (Fsp3) is 0.333. The first-order chi connectivity index (χ1) is 13.9. The van der Waals surface area contributed by atoms with Gasteiger partial charge >= 0.3 is 0 Å². The Morgan fingerprint density at radius 3 is 2.41 bits per heavy atom. The Morgan fingerprint density at radius 2 is 1.76 bits per heavy atom. The van der Waals surface area contributed by atoms with Crippen LogP contribution in [-0.2, 0) is 0 Å². The predicted octanol–water partition coefficient (Wildman–Crippen LogP) is 5.79. The third kappa shape index (κ3) is 4.15. The third-order valence-electron chi connectivity index (χ3n) is 5.54. The van der Waals surface area contributed by atoms with Crippen LogP contribution < -0.4 is 4.74 Å². The Kier molecular flexibility index (Phi) is 5.59. The Labute approximate surface area is 180 Å². The van der Waals surface area contributed by atoms with E-state index in [0.717, 1.165) is 45.5 Å². The van der Waals surface area contributed by atoms with Crippen molar-refractivity contribution < 1.29 is 9.53 Å². The molecule has 0 saturated carbocycles. The van der Waals surface area contributed by atoms with E-state index in [2.05, 4.69) is 29.8 Å². The molecule has 0 radical (unpaired) electrons. The summed E-state index contributed by atoms with van der Waals surface area (Å²) in [6.45, 7) is 6.05. The monoisotopic (exact) mass is 452 g/mol. The second-order valence-electron chi connectivity index (χ2n) is 8.10. The first-order valence-corrected chi connectivity index (χ1v) is 10.8. The number of hydrogen-bond donors (Lipinski definition) is 0. The topological polar surface area (TPSA) is 42.4 Å². The van der Waals surface area contributed by atoms with Crippen LogP contribution in [0, 0.1) is 11.8 Å². The van der Waals surface area contributed by atoms with E-state index >= 15 is 0 Å². The zero-order valence-electron chi connectivity index (χ0n) is 17.0. The van der Waals surface area contributed by atoms with Crippen molar-refractivity contribution in [2.75, 3.05) is 20.2 Å². The van der Waals surface area contributed by atoms with Gasteiger partial charge in [-0.25, -0.2) is 4.98 Å². The SMILES string of the molecule is COc1ccc(-c2cc(C(=O)N3C[C@H](C)C[C@@H](C)C3)c3cc(Br)ccc3n2)cc1. The zero-order chi connectivity index (χ0) is 20.5. The molecule has 0 aliphatic carbocycles. The minimum atomic E-state index is 0.0867. The summed E-state index contributed by atoms with van der Waals surface area (Å²) in [6.07, 6.45) is 1.17. The number of methoxy groups -OCH3 is 1. The van der Waals surface area contributed by atoms with E-state index in [4.69, 9.17) is 9.72 Å². The van der Waals surface area contributed by atoms with Gasteiger partial charge < -0.3 is 9.64 Å². The molecule has 2 atom stereocenters. The number of piperidine rings is 1. The van der Waals surface area contributed by atoms with Crippen LogP contribution in [0.3, 0.4) is 0 Å². The van der Waals surface area contributed by atoms with E-state index in [0.29, 0.717) is 17.4 Å². The number of amides is 1. The van der Waals surface area contributed by atoms with Crippen LogP contribution in [0.5, 0.6) is 5.75 Å². The summed E-state index contributed by atoms with van der Waals surface area (Å²) in [5.41, 5.74) is 3.29. The fourth-order valence-electron chi connectivity index (χ4n) is 4.28. The zero-order valence-corrected chi connectivity index (χ0v) is 18.6. The molecule has 3 aromatic rings. The molecule has 2 aromatic carbocycles. The van der Waals surface area contributed by atoms with Crippen molar-refractivity contribution in [1.29, 1.82) is 0 Å². The highest BCUT2D eigenvalue weighted by atomic mass is 79.9. The molecule has 150 valence electrons. The molecule has 4 nitrogen and oxygen atoms in total. The lowest BCUT2D eigenvalue weighted by Crippen LogP contribution is -2.42. The molecular weight excluding hydrogens is 428 g/mol. The summed E-state index contributed by atoms with van der Waals surface area (Å²) < 4.78 is 6.21. The van der Waals surface area contributed by atoms with Gasteiger partial charge in [0.15, 0.2) is 0 Å².